The molecule has 2 aliphatic rings. The first-order chi connectivity index (χ1) is 8.42. The lowest BCUT2D eigenvalue weighted by Gasteiger charge is -2.37. The Morgan fingerprint density at radius 1 is 0.647 bits per heavy atom. The molecular formula is C15H29N2. The molecule has 2 rings (SSSR count). The van der Waals surface area contributed by atoms with Gasteiger partial charge in [0, 0.05) is 26.2 Å². The fourth-order valence-electron chi connectivity index (χ4n) is 3.30. The van der Waals surface area contributed by atoms with E-state index in [1.54, 1.807) is 6.17 Å². The second-order valence-corrected chi connectivity index (χ2v) is 5.57. The van der Waals surface area contributed by atoms with E-state index in [9.17, 15) is 0 Å². The molecule has 2 heteroatoms. The first-order valence-corrected chi connectivity index (χ1v) is 7.77. The second-order valence-electron chi connectivity index (χ2n) is 5.57. The van der Waals surface area contributed by atoms with Gasteiger partial charge in [0.25, 0.3) is 0 Å². The minimum Gasteiger partial charge on any atom is -0.283 e. The standard InChI is InChI=1S/C15H29N2/c1-2-15(16-11-7-3-4-8-12-16)17-13-9-5-6-10-14-17/h2-14H2,1H3. The summed E-state index contributed by atoms with van der Waals surface area (Å²) < 4.78 is 0. The van der Waals surface area contributed by atoms with Gasteiger partial charge in [0.2, 0.25) is 0 Å². The van der Waals surface area contributed by atoms with Crippen LogP contribution in [0.3, 0.4) is 0 Å². The smallest absolute Gasteiger partial charge is 0.106 e. The Morgan fingerprint density at radius 3 is 1.29 bits per heavy atom. The molecule has 0 unspecified atom stereocenters. The van der Waals surface area contributed by atoms with Crippen molar-refractivity contribution in [1.82, 2.24) is 9.80 Å². The fraction of sp³-hybridized carbons (Fsp3) is 0.933. The molecule has 0 N–H and O–H groups in total. The van der Waals surface area contributed by atoms with E-state index in [1.165, 1.54) is 84.0 Å². The van der Waals surface area contributed by atoms with E-state index in [0.717, 1.165) is 0 Å². The zero-order valence-corrected chi connectivity index (χ0v) is 11.6. The molecule has 17 heavy (non-hydrogen) atoms. The first kappa shape index (κ1) is 13.4. The third-order valence-electron chi connectivity index (χ3n) is 4.26. The van der Waals surface area contributed by atoms with Crippen LogP contribution in [0.4, 0.5) is 0 Å². The van der Waals surface area contributed by atoms with Crippen LogP contribution in [-0.2, 0) is 0 Å². The van der Waals surface area contributed by atoms with Gasteiger partial charge < -0.3 is 0 Å². The van der Waals surface area contributed by atoms with Crippen molar-refractivity contribution in [3.05, 3.63) is 6.17 Å². The Labute approximate surface area is 107 Å². The molecule has 1 radical (unpaired) electrons. The lowest BCUT2D eigenvalue weighted by atomic mass is 10.2. The van der Waals surface area contributed by atoms with Crippen LogP contribution in [0.2, 0.25) is 0 Å². The molecule has 0 aromatic rings. The zero-order chi connectivity index (χ0) is 11.9. The molecule has 2 fully saturated rings. The Bertz CT molecular complexity index is 169. The Balaban J connectivity index is 1.92. The summed E-state index contributed by atoms with van der Waals surface area (Å²) in [5, 5.41) is 0. The van der Waals surface area contributed by atoms with Crippen LogP contribution in [0.25, 0.3) is 0 Å². The van der Waals surface area contributed by atoms with E-state index < -0.39 is 0 Å². The molecule has 99 valence electrons. The predicted octanol–water partition coefficient (Wildman–Crippen LogP) is 3.64. The Kier molecular flexibility index (Phi) is 5.79. The minimum absolute atomic E-state index is 1.22. The van der Waals surface area contributed by atoms with E-state index in [2.05, 4.69) is 16.7 Å². The molecule has 2 aliphatic heterocycles. The summed E-state index contributed by atoms with van der Waals surface area (Å²) in [6.07, 6.45) is 14.2. The number of nitrogens with zero attached hydrogens (tertiary/aromatic N) is 2. The van der Waals surface area contributed by atoms with E-state index in [4.69, 9.17) is 0 Å². The summed E-state index contributed by atoms with van der Waals surface area (Å²) in [7, 11) is 0. The maximum atomic E-state index is 2.69. The highest BCUT2D eigenvalue weighted by molar-refractivity contribution is 4.90. The average molecular weight is 237 g/mol. The summed E-state index contributed by atoms with van der Waals surface area (Å²) in [5.74, 6) is 0. The lowest BCUT2D eigenvalue weighted by Crippen LogP contribution is -2.42. The van der Waals surface area contributed by atoms with Gasteiger partial charge in [-0.05, 0) is 32.1 Å². The highest BCUT2D eigenvalue weighted by Crippen LogP contribution is 2.25. The molecule has 0 aromatic carbocycles. The Morgan fingerprint density at radius 2 is 1.00 bits per heavy atom. The highest BCUT2D eigenvalue weighted by Gasteiger charge is 2.25. The van der Waals surface area contributed by atoms with Gasteiger partial charge in [-0.15, -0.1) is 0 Å². The lowest BCUT2D eigenvalue weighted by molar-refractivity contribution is 0.134. The highest BCUT2D eigenvalue weighted by atomic mass is 15.3. The van der Waals surface area contributed by atoms with Crippen LogP contribution in [-0.4, -0.2) is 36.0 Å². The third kappa shape index (κ3) is 3.96. The van der Waals surface area contributed by atoms with Crippen molar-refractivity contribution in [1.29, 1.82) is 0 Å². The fourth-order valence-corrected chi connectivity index (χ4v) is 3.30. The molecule has 0 aromatic heterocycles. The van der Waals surface area contributed by atoms with Crippen LogP contribution < -0.4 is 0 Å². The van der Waals surface area contributed by atoms with Gasteiger partial charge >= 0.3 is 0 Å². The number of hydrogen-bond donors (Lipinski definition) is 0. The van der Waals surface area contributed by atoms with Crippen LogP contribution in [0.15, 0.2) is 0 Å². The molecule has 2 nitrogen and oxygen atoms in total. The molecule has 0 aliphatic carbocycles. The van der Waals surface area contributed by atoms with Crippen LogP contribution >= 0.6 is 0 Å². The molecule has 2 saturated heterocycles. The second kappa shape index (κ2) is 7.38. The van der Waals surface area contributed by atoms with Gasteiger partial charge in [-0.3, -0.25) is 9.80 Å². The van der Waals surface area contributed by atoms with Crippen molar-refractivity contribution in [3.63, 3.8) is 0 Å². The molecule has 0 bridgehead atoms. The topological polar surface area (TPSA) is 6.48 Å². The maximum Gasteiger partial charge on any atom is 0.106 e. The maximum absolute atomic E-state index is 2.69. The molecule has 0 amide bonds. The summed E-state index contributed by atoms with van der Waals surface area (Å²) in [5.41, 5.74) is 0. The average Bonchev–Trinajstić information content (AvgIpc) is 2.75. The number of likely N-dealkylation sites (tertiary alicyclic amines) is 2. The number of rotatable bonds is 3. The summed E-state index contributed by atoms with van der Waals surface area (Å²) in [6.45, 7) is 7.56. The summed E-state index contributed by atoms with van der Waals surface area (Å²) in [4.78, 5) is 5.39. The molecule has 0 saturated carbocycles. The normalized spacial score (nSPS) is 25.8. The van der Waals surface area contributed by atoms with Gasteiger partial charge in [0.05, 0.1) is 0 Å². The minimum atomic E-state index is 1.22. The monoisotopic (exact) mass is 237 g/mol. The molecule has 2 heterocycles. The van der Waals surface area contributed by atoms with Crippen molar-refractivity contribution < 1.29 is 0 Å². The molecule has 0 spiro atoms. The number of hydrogen-bond acceptors (Lipinski definition) is 2. The Hall–Kier alpha value is -0.0800. The van der Waals surface area contributed by atoms with E-state index in [-0.39, 0.29) is 0 Å². The van der Waals surface area contributed by atoms with Crippen molar-refractivity contribution >= 4 is 0 Å². The van der Waals surface area contributed by atoms with Crippen LogP contribution in [0.5, 0.6) is 0 Å². The zero-order valence-electron chi connectivity index (χ0n) is 11.6. The first-order valence-electron chi connectivity index (χ1n) is 7.77. The summed E-state index contributed by atoms with van der Waals surface area (Å²) in [6, 6.07) is 0. The predicted molar refractivity (Wildman–Crippen MR) is 73.6 cm³/mol. The molecular weight excluding hydrogens is 208 g/mol. The SMILES string of the molecule is CC[C](N1CCCCCC1)N1CCCCCC1. The van der Waals surface area contributed by atoms with Gasteiger partial charge in [-0.2, -0.15) is 0 Å². The quantitative estimate of drug-likeness (QED) is 0.739. The summed E-state index contributed by atoms with van der Waals surface area (Å²) >= 11 is 0. The van der Waals surface area contributed by atoms with Crippen molar-refractivity contribution in [2.75, 3.05) is 26.2 Å². The van der Waals surface area contributed by atoms with E-state index in [0.29, 0.717) is 0 Å². The van der Waals surface area contributed by atoms with Crippen molar-refractivity contribution in [2.45, 2.75) is 64.7 Å². The largest absolute Gasteiger partial charge is 0.283 e. The van der Waals surface area contributed by atoms with Gasteiger partial charge in [0.15, 0.2) is 0 Å². The van der Waals surface area contributed by atoms with Crippen LogP contribution in [0.1, 0.15) is 64.7 Å². The van der Waals surface area contributed by atoms with Gasteiger partial charge in [-0.1, -0.05) is 32.6 Å². The van der Waals surface area contributed by atoms with Crippen molar-refractivity contribution in [2.24, 2.45) is 0 Å². The van der Waals surface area contributed by atoms with E-state index >= 15 is 0 Å². The third-order valence-corrected chi connectivity index (χ3v) is 4.26. The van der Waals surface area contributed by atoms with Crippen LogP contribution in [0, 0.1) is 6.17 Å². The van der Waals surface area contributed by atoms with Gasteiger partial charge in [0.1, 0.15) is 6.17 Å². The van der Waals surface area contributed by atoms with E-state index in [1.807, 2.05) is 0 Å². The van der Waals surface area contributed by atoms with Gasteiger partial charge in [-0.25, -0.2) is 0 Å². The van der Waals surface area contributed by atoms with Crippen molar-refractivity contribution in [3.8, 4) is 0 Å². The molecule has 0 atom stereocenters.